The fourth-order valence-corrected chi connectivity index (χ4v) is 2.94. The Hall–Kier alpha value is -3.33. The van der Waals surface area contributed by atoms with E-state index in [1.54, 1.807) is 12.1 Å². The molecule has 2 aromatic rings. The van der Waals surface area contributed by atoms with Crippen molar-refractivity contribution in [1.82, 2.24) is 10.4 Å². The van der Waals surface area contributed by atoms with E-state index < -0.39 is 36.8 Å². The molecular formula is C18H14F2N2O5. The van der Waals surface area contributed by atoms with Crippen LogP contribution in [0, 0.1) is 0 Å². The van der Waals surface area contributed by atoms with Crippen LogP contribution in [0.5, 0.6) is 5.75 Å². The van der Waals surface area contributed by atoms with Crippen molar-refractivity contribution >= 4 is 17.7 Å². The molecule has 0 spiro atoms. The molecule has 0 aliphatic carbocycles. The number of imide groups is 1. The quantitative estimate of drug-likeness (QED) is 0.459. The Labute approximate surface area is 152 Å². The van der Waals surface area contributed by atoms with Gasteiger partial charge in [0.15, 0.2) is 0 Å². The van der Waals surface area contributed by atoms with E-state index in [0.29, 0.717) is 5.56 Å². The van der Waals surface area contributed by atoms with Gasteiger partial charge in [-0.3, -0.25) is 24.5 Å². The number of hydrogen-bond acceptors (Lipinski definition) is 5. The van der Waals surface area contributed by atoms with Gasteiger partial charge in [-0.05, 0) is 29.8 Å². The van der Waals surface area contributed by atoms with Crippen LogP contribution in [0.1, 0.15) is 38.7 Å². The van der Waals surface area contributed by atoms with Crippen LogP contribution in [0.4, 0.5) is 8.78 Å². The van der Waals surface area contributed by atoms with Crippen LogP contribution in [0.15, 0.2) is 48.5 Å². The Morgan fingerprint density at radius 2 is 1.59 bits per heavy atom. The molecule has 3 amide bonds. The minimum Gasteiger partial charge on any atom is -0.435 e. The lowest BCUT2D eigenvalue weighted by Gasteiger charge is -2.26. The van der Waals surface area contributed by atoms with Gasteiger partial charge in [0.2, 0.25) is 5.91 Å². The number of alkyl halides is 2. The minimum absolute atomic E-state index is 0.110. The molecule has 7 nitrogen and oxygen atoms in total. The third kappa shape index (κ3) is 3.63. The van der Waals surface area contributed by atoms with Crippen LogP contribution < -0.4 is 10.2 Å². The Kier molecular flexibility index (Phi) is 5.13. The first-order valence-corrected chi connectivity index (χ1v) is 7.87. The van der Waals surface area contributed by atoms with Crippen LogP contribution in [0.2, 0.25) is 0 Å². The zero-order valence-corrected chi connectivity index (χ0v) is 13.8. The summed E-state index contributed by atoms with van der Waals surface area (Å²) in [6.45, 7) is -3.00. The van der Waals surface area contributed by atoms with Crippen LogP contribution in [-0.2, 0) is 4.79 Å². The zero-order valence-electron chi connectivity index (χ0n) is 13.8. The number of fused-ring (bicyclic) bond motifs is 1. The smallest absolute Gasteiger partial charge is 0.387 e. The number of hydrogen-bond donors (Lipinski definition) is 2. The monoisotopic (exact) mass is 376 g/mol. The fraction of sp³-hybridized carbons (Fsp3) is 0.167. The standard InChI is InChI=1S/C18H14F2N2O5/c19-18(20)27-11-7-5-10(6-8-11)14(9-15(23)21-26)22-16(24)12-3-1-2-4-13(12)17(22)25/h1-8,14,18,26H,9H2,(H,21,23). The summed E-state index contributed by atoms with van der Waals surface area (Å²) in [4.78, 5) is 38.0. The molecule has 0 aromatic heterocycles. The lowest BCUT2D eigenvalue weighted by Crippen LogP contribution is -2.37. The number of hydroxylamine groups is 1. The maximum Gasteiger partial charge on any atom is 0.387 e. The number of halogens is 2. The summed E-state index contributed by atoms with van der Waals surface area (Å²) in [6.07, 6.45) is -0.406. The van der Waals surface area contributed by atoms with E-state index in [4.69, 9.17) is 5.21 Å². The lowest BCUT2D eigenvalue weighted by molar-refractivity contribution is -0.130. The van der Waals surface area contributed by atoms with Crippen molar-refractivity contribution in [1.29, 1.82) is 0 Å². The van der Waals surface area contributed by atoms with Crippen molar-refractivity contribution in [2.24, 2.45) is 0 Å². The molecule has 0 saturated carbocycles. The van der Waals surface area contributed by atoms with E-state index in [-0.39, 0.29) is 16.9 Å². The van der Waals surface area contributed by atoms with Gasteiger partial charge in [0.05, 0.1) is 23.6 Å². The SMILES string of the molecule is O=C(CC(c1ccc(OC(F)F)cc1)N1C(=O)c2ccccc2C1=O)NO. The minimum atomic E-state index is -3.00. The molecule has 1 unspecified atom stereocenters. The third-order valence-corrected chi connectivity index (χ3v) is 4.13. The number of carbonyl (C=O) groups excluding carboxylic acids is 3. The summed E-state index contributed by atoms with van der Waals surface area (Å²) in [6, 6.07) is 10.4. The van der Waals surface area contributed by atoms with Crippen LogP contribution in [0.3, 0.4) is 0 Å². The maximum absolute atomic E-state index is 12.7. The molecule has 3 rings (SSSR count). The number of ether oxygens (including phenoxy) is 1. The van der Waals surface area contributed by atoms with Crippen LogP contribution >= 0.6 is 0 Å². The maximum atomic E-state index is 12.7. The second-order valence-electron chi connectivity index (χ2n) is 5.73. The molecule has 140 valence electrons. The lowest BCUT2D eigenvalue weighted by atomic mass is 10.0. The first-order valence-electron chi connectivity index (χ1n) is 7.87. The van der Waals surface area contributed by atoms with Crippen LogP contribution in [0.25, 0.3) is 0 Å². The number of nitrogens with zero attached hydrogens (tertiary/aromatic N) is 1. The van der Waals surface area contributed by atoms with E-state index in [1.165, 1.54) is 41.9 Å². The van der Waals surface area contributed by atoms with Crippen molar-refractivity contribution in [2.45, 2.75) is 19.1 Å². The van der Waals surface area contributed by atoms with Gasteiger partial charge in [-0.15, -0.1) is 0 Å². The van der Waals surface area contributed by atoms with Gasteiger partial charge in [0.25, 0.3) is 11.8 Å². The average molecular weight is 376 g/mol. The van der Waals surface area contributed by atoms with Gasteiger partial charge in [-0.25, -0.2) is 5.48 Å². The van der Waals surface area contributed by atoms with Gasteiger partial charge in [-0.2, -0.15) is 8.78 Å². The molecular weight excluding hydrogens is 362 g/mol. The topological polar surface area (TPSA) is 95.9 Å². The molecule has 0 fully saturated rings. The summed E-state index contributed by atoms with van der Waals surface area (Å²) < 4.78 is 28.9. The third-order valence-electron chi connectivity index (χ3n) is 4.13. The number of carbonyl (C=O) groups is 3. The Morgan fingerprint density at radius 1 is 1.04 bits per heavy atom. The molecule has 1 aliphatic heterocycles. The zero-order chi connectivity index (χ0) is 19.6. The second kappa shape index (κ2) is 7.50. The predicted octanol–water partition coefficient (Wildman–Crippen LogP) is 2.52. The van der Waals surface area contributed by atoms with Gasteiger partial charge in [-0.1, -0.05) is 24.3 Å². The number of amides is 3. The van der Waals surface area contributed by atoms with Gasteiger partial charge in [0, 0.05) is 0 Å². The molecule has 0 radical (unpaired) electrons. The summed E-state index contributed by atoms with van der Waals surface area (Å²) in [5.41, 5.74) is 2.21. The number of nitrogens with one attached hydrogen (secondary N) is 1. The Morgan fingerprint density at radius 3 is 2.07 bits per heavy atom. The summed E-state index contributed by atoms with van der Waals surface area (Å²) >= 11 is 0. The highest BCUT2D eigenvalue weighted by Crippen LogP contribution is 2.34. The molecule has 9 heteroatoms. The molecule has 1 atom stereocenters. The van der Waals surface area contributed by atoms with Gasteiger partial charge in [0.1, 0.15) is 5.75 Å². The highest BCUT2D eigenvalue weighted by molar-refractivity contribution is 6.21. The largest absolute Gasteiger partial charge is 0.435 e. The molecule has 0 bridgehead atoms. The van der Waals surface area contributed by atoms with E-state index in [2.05, 4.69) is 4.74 Å². The van der Waals surface area contributed by atoms with E-state index in [1.807, 2.05) is 0 Å². The van der Waals surface area contributed by atoms with Crippen molar-refractivity contribution in [3.8, 4) is 5.75 Å². The predicted molar refractivity (Wildman–Crippen MR) is 87.3 cm³/mol. The number of rotatable bonds is 6. The normalized spacial score (nSPS) is 14.3. The number of benzene rings is 2. The average Bonchev–Trinajstić information content (AvgIpc) is 2.91. The molecule has 1 aliphatic rings. The highest BCUT2D eigenvalue weighted by atomic mass is 19.3. The Bertz CT molecular complexity index is 851. The molecule has 2 N–H and O–H groups in total. The van der Waals surface area contributed by atoms with Crippen molar-refractivity contribution in [2.75, 3.05) is 0 Å². The van der Waals surface area contributed by atoms with Gasteiger partial charge >= 0.3 is 6.61 Å². The molecule has 27 heavy (non-hydrogen) atoms. The van der Waals surface area contributed by atoms with Crippen molar-refractivity contribution in [3.05, 3.63) is 65.2 Å². The summed E-state index contributed by atoms with van der Waals surface area (Å²) in [5.74, 6) is -2.09. The second-order valence-corrected chi connectivity index (χ2v) is 5.73. The Balaban J connectivity index is 1.96. The molecule has 0 saturated heterocycles. The van der Waals surface area contributed by atoms with Crippen molar-refractivity contribution in [3.63, 3.8) is 0 Å². The van der Waals surface area contributed by atoms with Gasteiger partial charge < -0.3 is 4.74 Å². The first kappa shape index (κ1) is 18.5. The van der Waals surface area contributed by atoms with E-state index in [9.17, 15) is 23.2 Å². The first-order chi connectivity index (χ1) is 12.9. The molecule has 1 heterocycles. The van der Waals surface area contributed by atoms with E-state index in [0.717, 1.165) is 4.90 Å². The fourth-order valence-electron chi connectivity index (χ4n) is 2.94. The molecule has 2 aromatic carbocycles. The van der Waals surface area contributed by atoms with Crippen LogP contribution in [-0.4, -0.2) is 34.4 Å². The highest BCUT2D eigenvalue weighted by Gasteiger charge is 2.41. The van der Waals surface area contributed by atoms with E-state index >= 15 is 0 Å². The summed E-state index contributed by atoms with van der Waals surface area (Å²) in [5, 5.41) is 8.83. The summed E-state index contributed by atoms with van der Waals surface area (Å²) in [7, 11) is 0. The van der Waals surface area contributed by atoms with Crippen molar-refractivity contribution < 1.29 is 33.1 Å².